The maximum Gasteiger partial charge on any atom is 0.341 e. The zero-order chi connectivity index (χ0) is 22.9. The molecule has 3 aromatic carbocycles. The molecule has 0 heterocycles. The first-order chi connectivity index (χ1) is 15.5. The number of carbonyl (C=O) groups excluding carboxylic acids is 1. The van der Waals surface area contributed by atoms with Crippen molar-refractivity contribution in [3.05, 3.63) is 101 Å². The summed E-state index contributed by atoms with van der Waals surface area (Å²) in [6.45, 7) is 5.73. The summed E-state index contributed by atoms with van der Waals surface area (Å²) in [5, 5.41) is 11.0. The van der Waals surface area contributed by atoms with E-state index in [4.69, 9.17) is 9.47 Å². The molecule has 0 fully saturated rings. The Labute approximate surface area is 202 Å². The zero-order valence-electron chi connectivity index (χ0n) is 19.3. The standard InChI is InChI=1S/C27H31NO4.ClH/c1-20(2)28(17-21-10-6-4-7-11-21)18-25(29)23-14-15-26(24(16-23)27(30)31-3)32-19-22-12-8-5-9-13-22;/h4-16,20,25,29H,17-19H2,1-3H3;1H. The monoisotopic (exact) mass is 469 g/mol. The summed E-state index contributed by atoms with van der Waals surface area (Å²) >= 11 is 0. The Hall–Kier alpha value is -2.86. The number of hydrogen-bond donors (Lipinski definition) is 1. The van der Waals surface area contributed by atoms with Crippen LogP contribution in [0, 0.1) is 0 Å². The SMILES string of the molecule is COC(=O)c1cc(C(O)CN(Cc2ccccc2)C(C)C)ccc1OCc1ccccc1.Cl. The molecule has 3 aromatic rings. The fourth-order valence-corrected chi connectivity index (χ4v) is 3.49. The van der Waals surface area contributed by atoms with E-state index in [1.54, 1.807) is 18.2 Å². The predicted octanol–water partition coefficient (Wildman–Crippen LogP) is 5.42. The topological polar surface area (TPSA) is 59.0 Å². The maximum absolute atomic E-state index is 12.4. The molecule has 176 valence electrons. The summed E-state index contributed by atoms with van der Waals surface area (Å²) in [6.07, 6.45) is -0.757. The van der Waals surface area contributed by atoms with Crippen LogP contribution in [0.2, 0.25) is 0 Å². The Bertz CT molecular complexity index is 996. The lowest BCUT2D eigenvalue weighted by Crippen LogP contribution is -2.34. The van der Waals surface area contributed by atoms with E-state index in [9.17, 15) is 9.90 Å². The molecule has 0 saturated carbocycles. The zero-order valence-corrected chi connectivity index (χ0v) is 20.1. The third-order valence-corrected chi connectivity index (χ3v) is 5.40. The molecular weight excluding hydrogens is 438 g/mol. The van der Waals surface area contributed by atoms with Crippen LogP contribution in [0.4, 0.5) is 0 Å². The minimum atomic E-state index is -0.757. The van der Waals surface area contributed by atoms with Crippen LogP contribution in [0.5, 0.6) is 5.75 Å². The van der Waals surface area contributed by atoms with Crippen LogP contribution >= 0.6 is 12.4 Å². The molecule has 0 spiro atoms. The molecule has 0 aliphatic heterocycles. The van der Waals surface area contributed by atoms with Crippen molar-refractivity contribution < 1.29 is 19.4 Å². The van der Waals surface area contributed by atoms with Gasteiger partial charge in [-0.05, 0) is 42.7 Å². The molecule has 0 bridgehead atoms. The van der Waals surface area contributed by atoms with Crippen LogP contribution in [-0.2, 0) is 17.9 Å². The van der Waals surface area contributed by atoms with Gasteiger partial charge in [0.05, 0.1) is 13.2 Å². The number of halogens is 1. The highest BCUT2D eigenvalue weighted by atomic mass is 35.5. The highest BCUT2D eigenvalue weighted by Crippen LogP contribution is 2.26. The minimum absolute atomic E-state index is 0. The average molecular weight is 470 g/mol. The number of benzene rings is 3. The molecule has 1 atom stereocenters. The average Bonchev–Trinajstić information content (AvgIpc) is 2.83. The van der Waals surface area contributed by atoms with Crippen molar-refractivity contribution in [2.24, 2.45) is 0 Å². The molecule has 0 saturated heterocycles. The van der Waals surface area contributed by atoms with Crippen LogP contribution < -0.4 is 4.74 Å². The molecule has 0 aromatic heterocycles. The van der Waals surface area contributed by atoms with Gasteiger partial charge < -0.3 is 14.6 Å². The summed E-state index contributed by atoms with van der Waals surface area (Å²) in [7, 11) is 1.34. The van der Waals surface area contributed by atoms with E-state index in [-0.39, 0.29) is 18.4 Å². The van der Waals surface area contributed by atoms with Gasteiger partial charge in [0.25, 0.3) is 0 Å². The number of ether oxygens (including phenoxy) is 2. The Morgan fingerprint density at radius 2 is 1.55 bits per heavy atom. The number of aliphatic hydroxyl groups excluding tert-OH is 1. The lowest BCUT2D eigenvalue weighted by atomic mass is 10.0. The number of nitrogens with zero attached hydrogens (tertiary/aromatic N) is 1. The van der Waals surface area contributed by atoms with Crippen molar-refractivity contribution in [2.45, 2.75) is 39.1 Å². The molecule has 0 radical (unpaired) electrons. The molecule has 5 nitrogen and oxygen atoms in total. The van der Waals surface area contributed by atoms with E-state index in [0.717, 1.165) is 12.1 Å². The fraction of sp³-hybridized carbons (Fsp3) is 0.296. The molecule has 1 N–H and O–H groups in total. The molecule has 6 heteroatoms. The quantitative estimate of drug-likeness (QED) is 0.402. The van der Waals surface area contributed by atoms with Gasteiger partial charge >= 0.3 is 5.97 Å². The molecule has 1 unspecified atom stereocenters. The number of carbonyl (C=O) groups is 1. The number of methoxy groups -OCH3 is 1. The van der Waals surface area contributed by atoms with Crippen molar-refractivity contribution >= 4 is 18.4 Å². The van der Waals surface area contributed by atoms with Crippen LogP contribution in [-0.4, -0.2) is 35.7 Å². The van der Waals surface area contributed by atoms with Gasteiger partial charge in [0.2, 0.25) is 0 Å². The van der Waals surface area contributed by atoms with Crippen LogP contribution in [0.3, 0.4) is 0 Å². The van der Waals surface area contributed by atoms with Gasteiger partial charge in [0.15, 0.2) is 0 Å². The van der Waals surface area contributed by atoms with Crippen LogP contribution in [0.25, 0.3) is 0 Å². The third-order valence-electron chi connectivity index (χ3n) is 5.40. The van der Waals surface area contributed by atoms with Crippen molar-refractivity contribution in [3.8, 4) is 5.75 Å². The number of aliphatic hydroxyl groups is 1. The Morgan fingerprint density at radius 1 is 0.939 bits per heavy atom. The minimum Gasteiger partial charge on any atom is -0.488 e. The number of esters is 1. The van der Waals surface area contributed by atoms with E-state index >= 15 is 0 Å². The van der Waals surface area contributed by atoms with Crippen molar-refractivity contribution in [3.63, 3.8) is 0 Å². The second kappa shape index (κ2) is 13.0. The summed E-state index contributed by atoms with van der Waals surface area (Å²) in [4.78, 5) is 14.6. The second-order valence-corrected chi connectivity index (χ2v) is 8.05. The number of rotatable bonds is 10. The summed E-state index contributed by atoms with van der Waals surface area (Å²) < 4.78 is 10.8. The first kappa shape index (κ1) is 26.4. The smallest absolute Gasteiger partial charge is 0.341 e. The first-order valence-electron chi connectivity index (χ1n) is 10.8. The van der Waals surface area contributed by atoms with E-state index < -0.39 is 12.1 Å². The Balaban J connectivity index is 0.00000385. The molecule has 0 aliphatic carbocycles. The van der Waals surface area contributed by atoms with Crippen molar-refractivity contribution in [1.82, 2.24) is 4.90 Å². The van der Waals surface area contributed by atoms with Crippen LogP contribution in [0.15, 0.2) is 78.9 Å². The maximum atomic E-state index is 12.4. The Morgan fingerprint density at radius 3 is 2.12 bits per heavy atom. The van der Waals surface area contributed by atoms with Gasteiger partial charge in [-0.1, -0.05) is 66.7 Å². The largest absolute Gasteiger partial charge is 0.488 e. The first-order valence-corrected chi connectivity index (χ1v) is 10.8. The van der Waals surface area contributed by atoms with Crippen molar-refractivity contribution in [2.75, 3.05) is 13.7 Å². The molecule has 0 aliphatic rings. The summed E-state index contributed by atoms with van der Waals surface area (Å²) in [5.41, 5.74) is 3.14. The highest BCUT2D eigenvalue weighted by Gasteiger charge is 2.20. The van der Waals surface area contributed by atoms with E-state index in [0.29, 0.717) is 30.0 Å². The van der Waals surface area contributed by atoms with E-state index in [1.165, 1.54) is 12.7 Å². The van der Waals surface area contributed by atoms with Gasteiger partial charge in [-0.2, -0.15) is 0 Å². The van der Waals surface area contributed by atoms with Crippen LogP contribution in [0.1, 0.15) is 47.0 Å². The summed E-state index contributed by atoms with van der Waals surface area (Å²) in [6, 6.07) is 25.4. The van der Waals surface area contributed by atoms with E-state index in [2.05, 4.69) is 30.9 Å². The molecule has 0 amide bonds. The van der Waals surface area contributed by atoms with E-state index in [1.807, 2.05) is 48.5 Å². The molecular formula is C27H32ClNO4. The highest BCUT2D eigenvalue weighted by molar-refractivity contribution is 5.92. The van der Waals surface area contributed by atoms with Gasteiger partial charge in [-0.3, -0.25) is 4.90 Å². The lowest BCUT2D eigenvalue weighted by molar-refractivity contribution is 0.0594. The normalized spacial score (nSPS) is 11.7. The van der Waals surface area contributed by atoms with Gasteiger partial charge in [-0.15, -0.1) is 12.4 Å². The molecule has 33 heavy (non-hydrogen) atoms. The molecule has 3 rings (SSSR count). The van der Waals surface area contributed by atoms with Crippen molar-refractivity contribution in [1.29, 1.82) is 0 Å². The van der Waals surface area contributed by atoms with Gasteiger partial charge in [0, 0.05) is 19.1 Å². The third kappa shape index (κ3) is 7.60. The Kier molecular flexibility index (Phi) is 10.4. The van der Waals surface area contributed by atoms with Gasteiger partial charge in [-0.25, -0.2) is 4.79 Å². The summed E-state index contributed by atoms with van der Waals surface area (Å²) in [5.74, 6) is -0.0613. The number of hydrogen-bond acceptors (Lipinski definition) is 5. The fourth-order valence-electron chi connectivity index (χ4n) is 3.49. The predicted molar refractivity (Wildman–Crippen MR) is 133 cm³/mol. The lowest BCUT2D eigenvalue weighted by Gasteiger charge is -2.29. The second-order valence-electron chi connectivity index (χ2n) is 8.05. The van der Waals surface area contributed by atoms with Gasteiger partial charge in [0.1, 0.15) is 17.9 Å².